The van der Waals surface area contributed by atoms with Gasteiger partial charge in [0, 0.05) is 16.1 Å². The fourth-order valence-electron chi connectivity index (χ4n) is 2.79. The summed E-state index contributed by atoms with van der Waals surface area (Å²) in [5, 5.41) is 0. The Labute approximate surface area is 159 Å². The molecule has 0 bridgehead atoms. The van der Waals surface area contributed by atoms with Crippen molar-refractivity contribution in [2.24, 2.45) is 0 Å². The Morgan fingerprint density at radius 3 is 2.80 bits per heavy atom. The average molecular weight is 425 g/mol. The van der Waals surface area contributed by atoms with Gasteiger partial charge in [0.05, 0.1) is 17.7 Å². The lowest BCUT2D eigenvalue weighted by Gasteiger charge is -2.32. The van der Waals surface area contributed by atoms with Crippen LogP contribution in [0.4, 0.5) is 5.69 Å². The molecule has 134 valence electrons. The highest BCUT2D eigenvalue weighted by atomic mass is 79.9. The molecule has 25 heavy (non-hydrogen) atoms. The number of fused-ring (bicyclic) bond motifs is 1. The Kier molecular flexibility index (Phi) is 5.66. The van der Waals surface area contributed by atoms with Crippen LogP contribution in [0.1, 0.15) is 5.56 Å². The molecule has 0 spiro atoms. The first-order valence-corrected chi connectivity index (χ1v) is 9.87. The number of likely N-dealkylation sites (N-methyl/N-ethyl adjacent to an activating group) is 1. The number of benzene rings is 2. The van der Waals surface area contributed by atoms with E-state index < -0.39 is 11.0 Å². The lowest BCUT2D eigenvalue weighted by atomic mass is 10.00. The molecule has 5 nitrogen and oxygen atoms in total. The second kappa shape index (κ2) is 7.76. The summed E-state index contributed by atoms with van der Waals surface area (Å²) in [6, 6.07) is 11.5. The minimum Gasteiger partial charge on any atom is -0.496 e. The maximum Gasteiger partial charge on any atom is 0.150 e. The van der Waals surface area contributed by atoms with Crippen LogP contribution in [0.15, 0.2) is 45.8 Å². The number of ether oxygens (including phenoxy) is 2. The quantitative estimate of drug-likeness (QED) is 0.798. The zero-order valence-electron chi connectivity index (χ0n) is 14.4. The molecular weight excluding hydrogens is 404 g/mol. The number of nitrogens with one attached hydrogen (secondary N) is 1. The van der Waals surface area contributed by atoms with Gasteiger partial charge in [0.25, 0.3) is 0 Å². The van der Waals surface area contributed by atoms with Gasteiger partial charge in [0.15, 0.2) is 0 Å². The molecule has 1 unspecified atom stereocenters. The van der Waals surface area contributed by atoms with Gasteiger partial charge in [-0.05, 0) is 50.8 Å². The molecule has 1 N–H and O–H groups in total. The van der Waals surface area contributed by atoms with Gasteiger partial charge in [-0.25, -0.2) is 4.21 Å². The Hall–Kier alpha value is -1.57. The van der Waals surface area contributed by atoms with E-state index in [4.69, 9.17) is 9.47 Å². The standard InChI is InChI=1S/C18H21BrN2O3S/c1-21(2)13-10-15-17(23-3)8-7-16(18(15)24-11-13)20-25(22)14-6-4-5-12(19)9-14/h4-9,13,20H,10-11H2,1-3H3/t13-,25?/m1/s1. The number of nitrogens with zero attached hydrogens (tertiary/aromatic N) is 1. The minimum absolute atomic E-state index is 0.284. The van der Waals surface area contributed by atoms with Crippen molar-refractivity contribution in [1.29, 1.82) is 0 Å². The average Bonchev–Trinajstić information content (AvgIpc) is 2.61. The summed E-state index contributed by atoms with van der Waals surface area (Å²) >= 11 is 3.41. The number of hydrogen-bond donors (Lipinski definition) is 1. The third-order valence-electron chi connectivity index (χ3n) is 4.24. The highest BCUT2D eigenvalue weighted by Crippen LogP contribution is 2.40. The maximum atomic E-state index is 12.7. The van der Waals surface area contributed by atoms with Gasteiger partial charge < -0.3 is 14.4 Å². The summed E-state index contributed by atoms with van der Waals surface area (Å²) in [4.78, 5) is 2.84. The first-order chi connectivity index (χ1) is 12.0. The topological polar surface area (TPSA) is 50.8 Å². The number of anilines is 1. The molecule has 0 aromatic heterocycles. The van der Waals surface area contributed by atoms with Crippen LogP contribution >= 0.6 is 15.9 Å². The molecule has 2 atom stereocenters. The first-order valence-electron chi connectivity index (χ1n) is 7.92. The summed E-state index contributed by atoms with van der Waals surface area (Å²) in [5.74, 6) is 1.51. The van der Waals surface area contributed by atoms with E-state index in [2.05, 4.69) is 25.6 Å². The van der Waals surface area contributed by atoms with E-state index in [0.29, 0.717) is 17.2 Å². The largest absolute Gasteiger partial charge is 0.496 e. The number of hydrogen-bond acceptors (Lipinski definition) is 4. The van der Waals surface area contributed by atoms with Crippen LogP contribution in [0.25, 0.3) is 0 Å². The molecule has 0 radical (unpaired) electrons. The van der Waals surface area contributed by atoms with E-state index >= 15 is 0 Å². The maximum absolute atomic E-state index is 12.7. The molecule has 1 aliphatic rings. The van der Waals surface area contributed by atoms with Crippen LogP contribution in [0.2, 0.25) is 0 Å². The number of halogens is 1. The van der Waals surface area contributed by atoms with Crippen molar-refractivity contribution in [2.45, 2.75) is 17.4 Å². The van der Waals surface area contributed by atoms with E-state index in [1.807, 2.05) is 50.5 Å². The van der Waals surface area contributed by atoms with Crippen LogP contribution in [-0.2, 0) is 17.4 Å². The van der Waals surface area contributed by atoms with E-state index in [1.54, 1.807) is 7.11 Å². The third-order valence-corrected chi connectivity index (χ3v) is 5.82. The van der Waals surface area contributed by atoms with Crippen molar-refractivity contribution in [3.8, 4) is 11.5 Å². The number of methoxy groups -OCH3 is 1. The zero-order chi connectivity index (χ0) is 18.0. The highest BCUT2D eigenvalue weighted by Gasteiger charge is 2.27. The van der Waals surface area contributed by atoms with E-state index in [-0.39, 0.29) is 6.04 Å². The molecule has 7 heteroatoms. The zero-order valence-corrected chi connectivity index (χ0v) is 16.8. The van der Waals surface area contributed by atoms with Crippen molar-refractivity contribution in [2.75, 3.05) is 32.5 Å². The fourth-order valence-corrected chi connectivity index (χ4v) is 4.25. The van der Waals surface area contributed by atoms with Gasteiger partial charge in [-0.3, -0.25) is 4.72 Å². The molecule has 3 rings (SSSR count). The summed E-state index contributed by atoms with van der Waals surface area (Å²) < 4.78 is 28.1. The summed E-state index contributed by atoms with van der Waals surface area (Å²) in [6.07, 6.45) is 0.824. The lowest BCUT2D eigenvalue weighted by Crippen LogP contribution is -2.38. The van der Waals surface area contributed by atoms with Crippen LogP contribution in [0.5, 0.6) is 11.5 Å². The SMILES string of the molecule is COc1ccc(NS(=O)c2cccc(Br)c2)c2c1C[C@@H](N(C)C)CO2. The van der Waals surface area contributed by atoms with Crippen molar-refractivity contribution in [1.82, 2.24) is 4.90 Å². The minimum atomic E-state index is -1.38. The predicted molar refractivity (Wildman–Crippen MR) is 104 cm³/mol. The van der Waals surface area contributed by atoms with Crippen molar-refractivity contribution in [3.05, 3.63) is 46.4 Å². The smallest absolute Gasteiger partial charge is 0.150 e. The van der Waals surface area contributed by atoms with E-state index in [1.165, 1.54) is 0 Å². The monoisotopic (exact) mass is 424 g/mol. The lowest BCUT2D eigenvalue weighted by molar-refractivity contribution is 0.164. The van der Waals surface area contributed by atoms with Crippen LogP contribution in [-0.4, -0.2) is 43.0 Å². The van der Waals surface area contributed by atoms with E-state index in [0.717, 1.165) is 28.0 Å². The third kappa shape index (κ3) is 3.99. The number of rotatable bonds is 5. The molecule has 0 aliphatic carbocycles. The fraction of sp³-hybridized carbons (Fsp3) is 0.333. The van der Waals surface area contributed by atoms with Gasteiger partial charge in [0.1, 0.15) is 29.1 Å². The molecule has 2 aromatic rings. The molecule has 1 heterocycles. The summed E-state index contributed by atoms with van der Waals surface area (Å²) in [6.45, 7) is 0.589. The predicted octanol–water partition coefficient (Wildman–Crippen LogP) is 3.46. The highest BCUT2D eigenvalue weighted by molar-refractivity contribution is 9.10. The summed E-state index contributed by atoms with van der Waals surface area (Å²) in [5.41, 5.74) is 1.72. The molecular formula is C18H21BrN2O3S. The van der Waals surface area contributed by atoms with Gasteiger partial charge >= 0.3 is 0 Å². The van der Waals surface area contributed by atoms with Gasteiger partial charge in [0.2, 0.25) is 0 Å². The molecule has 0 saturated carbocycles. The Bertz CT molecular complexity index is 798. The van der Waals surface area contributed by atoms with Gasteiger partial charge in [-0.1, -0.05) is 22.0 Å². The van der Waals surface area contributed by atoms with Crippen molar-refractivity contribution >= 4 is 32.6 Å². The van der Waals surface area contributed by atoms with E-state index in [9.17, 15) is 4.21 Å². The second-order valence-electron chi connectivity index (χ2n) is 6.08. The molecule has 0 saturated heterocycles. The van der Waals surface area contributed by atoms with Crippen LogP contribution < -0.4 is 14.2 Å². The van der Waals surface area contributed by atoms with Crippen molar-refractivity contribution in [3.63, 3.8) is 0 Å². The summed E-state index contributed by atoms with van der Waals surface area (Å²) in [7, 11) is 4.35. The molecule has 0 fully saturated rings. The van der Waals surface area contributed by atoms with Gasteiger partial charge in [-0.2, -0.15) is 0 Å². The Morgan fingerprint density at radius 1 is 1.32 bits per heavy atom. The Morgan fingerprint density at radius 2 is 2.12 bits per heavy atom. The Balaban J connectivity index is 1.90. The molecule has 2 aromatic carbocycles. The van der Waals surface area contributed by atoms with Gasteiger partial charge in [-0.15, -0.1) is 0 Å². The van der Waals surface area contributed by atoms with Crippen LogP contribution in [0.3, 0.4) is 0 Å². The van der Waals surface area contributed by atoms with Crippen molar-refractivity contribution < 1.29 is 13.7 Å². The molecule has 0 amide bonds. The first kappa shape index (κ1) is 18.2. The molecule has 1 aliphatic heterocycles. The normalized spacial score (nSPS) is 17.6. The van der Waals surface area contributed by atoms with Crippen LogP contribution in [0, 0.1) is 0 Å². The second-order valence-corrected chi connectivity index (χ2v) is 8.21.